The van der Waals surface area contributed by atoms with Gasteiger partial charge in [0.25, 0.3) is 5.56 Å². The predicted molar refractivity (Wildman–Crippen MR) is 132 cm³/mol. The standard InChI is InChI=1S/C26H30FN3O3S/c1-4-34(32,33)29-23-11-12-24-25(26(31)30(16-28-24)17(2)3)22(23)14-18-7-5-8-19(13-18)20-9-6-10-21(27)15-20/h5-10,13,15-17,22-23,29H,4,11-12,14H2,1-3H3. The molecule has 34 heavy (non-hydrogen) atoms. The van der Waals surface area contributed by atoms with Gasteiger partial charge >= 0.3 is 0 Å². The maximum absolute atomic E-state index is 13.8. The number of halogens is 1. The Morgan fingerprint density at radius 3 is 2.53 bits per heavy atom. The minimum atomic E-state index is -3.46. The lowest BCUT2D eigenvalue weighted by atomic mass is 9.78. The van der Waals surface area contributed by atoms with Crippen molar-refractivity contribution in [3.8, 4) is 11.1 Å². The number of aryl methyl sites for hydroxylation is 1. The Morgan fingerprint density at radius 1 is 1.15 bits per heavy atom. The molecule has 0 amide bonds. The van der Waals surface area contributed by atoms with Crippen LogP contribution in [0.25, 0.3) is 11.1 Å². The van der Waals surface area contributed by atoms with Crippen LogP contribution in [0.1, 0.15) is 56.0 Å². The summed E-state index contributed by atoms with van der Waals surface area (Å²) in [5.41, 5.74) is 3.77. The Balaban J connectivity index is 1.78. The van der Waals surface area contributed by atoms with Crippen molar-refractivity contribution in [3.63, 3.8) is 0 Å². The lowest BCUT2D eigenvalue weighted by Crippen LogP contribution is -2.46. The highest BCUT2D eigenvalue weighted by Gasteiger charge is 2.35. The number of aromatic nitrogens is 2. The van der Waals surface area contributed by atoms with E-state index in [2.05, 4.69) is 9.71 Å². The highest BCUT2D eigenvalue weighted by molar-refractivity contribution is 7.89. The zero-order valence-corrected chi connectivity index (χ0v) is 20.5. The largest absolute Gasteiger partial charge is 0.296 e. The second-order valence-electron chi connectivity index (χ2n) is 9.10. The van der Waals surface area contributed by atoms with Crippen molar-refractivity contribution in [1.82, 2.24) is 14.3 Å². The highest BCUT2D eigenvalue weighted by atomic mass is 32.2. The summed E-state index contributed by atoms with van der Waals surface area (Å²) in [5.74, 6) is -0.695. The molecule has 8 heteroatoms. The van der Waals surface area contributed by atoms with Gasteiger partial charge in [-0.25, -0.2) is 22.5 Å². The number of fused-ring (bicyclic) bond motifs is 1. The van der Waals surface area contributed by atoms with Gasteiger partial charge in [-0.3, -0.25) is 9.36 Å². The molecule has 0 saturated heterocycles. The average molecular weight is 484 g/mol. The Bertz CT molecular complexity index is 1350. The van der Waals surface area contributed by atoms with Gasteiger partial charge in [0.1, 0.15) is 5.82 Å². The second-order valence-corrected chi connectivity index (χ2v) is 11.1. The topological polar surface area (TPSA) is 81.1 Å². The van der Waals surface area contributed by atoms with Crippen LogP contribution in [-0.2, 0) is 22.9 Å². The van der Waals surface area contributed by atoms with Crippen molar-refractivity contribution in [1.29, 1.82) is 0 Å². The molecule has 6 nitrogen and oxygen atoms in total. The third-order valence-electron chi connectivity index (χ3n) is 6.47. The van der Waals surface area contributed by atoms with Gasteiger partial charge in [0, 0.05) is 23.6 Å². The molecule has 0 fully saturated rings. The quantitative estimate of drug-likeness (QED) is 0.546. The van der Waals surface area contributed by atoms with E-state index in [1.807, 2.05) is 44.2 Å². The fourth-order valence-electron chi connectivity index (χ4n) is 4.65. The first-order valence-electron chi connectivity index (χ1n) is 11.6. The summed E-state index contributed by atoms with van der Waals surface area (Å²) < 4.78 is 43.1. The summed E-state index contributed by atoms with van der Waals surface area (Å²) >= 11 is 0. The zero-order chi connectivity index (χ0) is 24.5. The van der Waals surface area contributed by atoms with E-state index in [0.29, 0.717) is 24.8 Å². The molecular weight excluding hydrogens is 453 g/mol. The lowest BCUT2D eigenvalue weighted by molar-refractivity contribution is 0.412. The molecule has 180 valence electrons. The molecule has 1 N–H and O–H groups in total. The van der Waals surface area contributed by atoms with Crippen LogP contribution in [0.4, 0.5) is 4.39 Å². The van der Waals surface area contributed by atoms with E-state index in [9.17, 15) is 17.6 Å². The van der Waals surface area contributed by atoms with Crippen molar-refractivity contribution >= 4 is 10.0 Å². The monoisotopic (exact) mass is 483 g/mol. The lowest BCUT2D eigenvalue weighted by Gasteiger charge is -2.33. The minimum Gasteiger partial charge on any atom is -0.296 e. The first kappa shape index (κ1) is 24.3. The van der Waals surface area contributed by atoms with E-state index in [4.69, 9.17) is 0 Å². The maximum Gasteiger partial charge on any atom is 0.257 e. The molecule has 2 unspecified atom stereocenters. The first-order valence-corrected chi connectivity index (χ1v) is 13.3. The summed E-state index contributed by atoms with van der Waals surface area (Å²) in [5, 5.41) is 0. The average Bonchev–Trinajstić information content (AvgIpc) is 2.80. The number of sulfonamides is 1. The van der Waals surface area contributed by atoms with Crippen LogP contribution in [0.2, 0.25) is 0 Å². The summed E-state index contributed by atoms with van der Waals surface area (Å²) in [6.45, 7) is 5.45. The number of rotatable bonds is 7. The fourth-order valence-corrected chi connectivity index (χ4v) is 5.56. The van der Waals surface area contributed by atoms with Crippen LogP contribution < -0.4 is 10.3 Å². The molecule has 1 aromatic heterocycles. The molecule has 1 heterocycles. The molecule has 0 spiro atoms. The van der Waals surface area contributed by atoms with E-state index in [0.717, 1.165) is 22.4 Å². The van der Waals surface area contributed by atoms with Crippen molar-refractivity contribution in [3.05, 3.63) is 87.9 Å². The van der Waals surface area contributed by atoms with Crippen LogP contribution >= 0.6 is 0 Å². The molecule has 3 aromatic rings. The fraction of sp³-hybridized carbons (Fsp3) is 0.385. The van der Waals surface area contributed by atoms with Crippen molar-refractivity contribution in [2.45, 2.75) is 58.0 Å². The smallest absolute Gasteiger partial charge is 0.257 e. The van der Waals surface area contributed by atoms with Crippen molar-refractivity contribution < 1.29 is 12.8 Å². The van der Waals surface area contributed by atoms with Crippen LogP contribution in [0.5, 0.6) is 0 Å². The summed E-state index contributed by atoms with van der Waals surface area (Å²) in [4.78, 5) is 18.0. The van der Waals surface area contributed by atoms with E-state index in [-0.39, 0.29) is 29.1 Å². The zero-order valence-electron chi connectivity index (χ0n) is 19.7. The SMILES string of the molecule is CCS(=O)(=O)NC1CCc2ncn(C(C)C)c(=O)c2C1Cc1cccc(-c2cccc(F)c2)c1. The van der Waals surface area contributed by atoms with Gasteiger partial charge in [-0.15, -0.1) is 0 Å². The Labute approximate surface area is 199 Å². The number of hydrogen-bond acceptors (Lipinski definition) is 4. The molecule has 1 aliphatic rings. The number of nitrogens with zero attached hydrogens (tertiary/aromatic N) is 2. The molecule has 4 rings (SSSR count). The molecule has 0 aliphatic heterocycles. The maximum atomic E-state index is 13.8. The van der Waals surface area contributed by atoms with E-state index >= 15 is 0 Å². The van der Waals surface area contributed by atoms with Crippen LogP contribution in [0, 0.1) is 5.82 Å². The van der Waals surface area contributed by atoms with Gasteiger partial charge in [-0.1, -0.05) is 36.4 Å². The normalized spacial score (nSPS) is 18.1. The predicted octanol–water partition coefficient (Wildman–Crippen LogP) is 4.21. The van der Waals surface area contributed by atoms with Gasteiger partial charge in [0.2, 0.25) is 10.0 Å². The van der Waals surface area contributed by atoms with Gasteiger partial charge in [0.15, 0.2) is 0 Å². The highest BCUT2D eigenvalue weighted by Crippen LogP contribution is 2.33. The number of hydrogen-bond donors (Lipinski definition) is 1. The molecule has 2 atom stereocenters. The second kappa shape index (κ2) is 9.80. The molecular formula is C26H30FN3O3S. The van der Waals surface area contributed by atoms with Crippen molar-refractivity contribution in [2.75, 3.05) is 5.75 Å². The minimum absolute atomic E-state index is 0.0264. The van der Waals surface area contributed by atoms with E-state index < -0.39 is 16.1 Å². The third kappa shape index (κ3) is 5.13. The van der Waals surface area contributed by atoms with Gasteiger partial charge in [-0.2, -0.15) is 0 Å². The summed E-state index contributed by atoms with van der Waals surface area (Å²) in [6, 6.07) is 13.7. The number of nitrogens with one attached hydrogen (secondary N) is 1. The van der Waals surface area contributed by atoms with Crippen LogP contribution in [0.15, 0.2) is 59.7 Å². The van der Waals surface area contributed by atoms with Gasteiger partial charge in [0.05, 0.1) is 17.8 Å². The Kier molecular flexibility index (Phi) is 7.00. The van der Waals surface area contributed by atoms with Crippen LogP contribution in [0.3, 0.4) is 0 Å². The Morgan fingerprint density at radius 2 is 1.85 bits per heavy atom. The molecule has 0 radical (unpaired) electrons. The third-order valence-corrected chi connectivity index (χ3v) is 7.89. The summed E-state index contributed by atoms with van der Waals surface area (Å²) in [6.07, 6.45) is 3.16. The van der Waals surface area contributed by atoms with Gasteiger partial charge in [-0.05, 0) is 68.9 Å². The summed E-state index contributed by atoms with van der Waals surface area (Å²) in [7, 11) is -3.46. The van der Waals surface area contributed by atoms with E-state index in [1.165, 1.54) is 12.1 Å². The number of benzene rings is 2. The first-order chi connectivity index (χ1) is 16.2. The molecule has 0 bridgehead atoms. The van der Waals surface area contributed by atoms with E-state index in [1.54, 1.807) is 23.9 Å². The molecule has 2 aromatic carbocycles. The van der Waals surface area contributed by atoms with Gasteiger partial charge < -0.3 is 0 Å². The van der Waals surface area contributed by atoms with Crippen molar-refractivity contribution in [2.24, 2.45) is 0 Å². The Hall–Kier alpha value is -2.84. The molecule has 0 saturated carbocycles. The van der Waals surface area contributed by atoms with Crippen LogP contribution in [-0.4, -0.2) is 29.8 Å². The molecule has 1 aliphatic carbocycles.